The summed E-state index contributed by atoms with van der Waals surface area (Å²) in [5, 5.41) is 29.4. The standard InChI is InChI=1S/3C6H13O.Al/c3*1-2-3-4-5-6-7;/h3*2-6H2,1H3;/q3*-1;. The van der Waals surface area contributed by atoms with Crippen molar-refractivity contribution in [3.63, 3.8) is 0 Å². The summed E-state index contributed by atoms with van der Waals surface area (Å²) in [5.41, 5.74) is 0. The maximum atomic E-state index is 9.80. The van der Waals surface area contributed by atoms with Crippen LogP contribution in [-0.2, 0) is 0 Å². The van der Waals surface area contributed by atoms with Crippen molar-refractivity contribution in [3.8, 4) is 0 Å². The van der Waals surface area contributed by atoms with E-state index in [0.717, 1.165) is 38.5 Å². The van der Waals surface area contributed by atoms with Gasteiger partial charge in [-0.3, -0.25) is 0 Å². The maximum Gasteiger partial charge on any atom is 0 e. The second-order valence-electron chi connectivity index (χ2n) is 5.29. The topological polar surface area (TPSA) is 69.2 Å². The molecule has 0 saturated heterocycles. The van der Waals surface area contributed by atoms with Crippen molar-refractivity contribution in [2.45, 2.75) is 97.8 Å². The minimum atomic E-state index is 0. The summed E-state index contributed by atoms with van der Waals surface area (Å²) in [5.74, 6) is 0. The first-order valence-corrected chi connectivity index (χ1v) is 8.99. The highest BCUT2D eigenvalue weighted by Crippen LogP contribution is 1.96. The van der Waals surface area contributed by atoms with Gasteiger partial charge in [0, 0.05) is 17.4 Å². The fourth-order valence-corrected chi connectivity index (χ4v) is 1.59. The summed E-state index contributed by atoms with van der Waals surface area (Å²) < 4.78 is 0. The molecule has 4 heteroatoms. The molecule has 0 aromatic carbocycles. The van der Waals surface area contributed by atoms with Gasteiger partial charge in [-0.25, -0.2) is 0 Å². The Morgan fingerprint density at radius 3 is 0.773 bits per heavy atom. The third-order valence-corrected chi connectivity index (χ3v) is 2.99. The second kappa shape index (κ2) is 37.6. The van der Waals surface area contributed by atoms with Gasteiger partial charge in [0.2, 0.25) is 0 Å². The second-order valence-corrected chi connectivity index (χ2v) is 5.29. The highest BCUT2D eigenvalue weighted by Gasteiger charge is 1.78. The molecule has 0 saturated carbocycles. The number of hydrogen-bond donors (Lipinski definition) is 0. The fourth-order valence-electron chi connectivity index (χ4n) is 1.59. The van der Waals surface area contributed by atoms with E-state index in [-0.39, 0.29) is 37.2 Å². The summed E-state index contributed by atoms with van der Waals surface area (Å²) in [7, 11) is 0. The van der Waals surface area contributed by atoms with E-state index < -0.39 is 0 Å². The van der Waals surface area contributed by atoms with E-state index in [1.807, 2.05) is 0 Å². The van der Waals surface area contributed by atoms with Gasteiger partial charge in [-0.15, -0.1) is 19.8 Å². The van der Waals surface area contributed by atoms with Crippen molar-refractivity contribution in [3.05, 3.63) is 0 Å². The Morgan fingerprint density at radius 2 is 0.636 bits per heavy atom. The van der Waals surface area contributed by atoms with Gasteiger partial charge < -0.3 is 15.3 Å². The van der Waals surface area contributed by atoms with Gasteiger partial charge in [0.15, 0.2) is 0 Å². The third kappa shape index (κ3) is 49.9. The summed E-state index contributed by atoms with van der Waals surface area (Å²) in [6.07, 6.45) is 13.3. The quantitative estimate of drug-likeness (QED) is 0.407. The first-order valence-electron chi connectivity index (χ1n) is 8.99. The Hall–Kier alpha value is 0.412. The van der Waals surface area contributed by atoms with Gasteiger partial charge in [-0.1, -0.05) is 97.8 Å². The van der Waals surface area contributed by atoms with Crippen molar-refractivity contribution < 1.29 is 15.3 Å². The molecular formula is C18H39AlO3-3. The van der Waals surface area contributed by atoms with E-state index in [1.54, 1.807) is 0 Å². The molecule has 0 fully saturated rings. The maximum absolute atomic E-state index is 9.80. The molecule has 135 valence electrons. The Kier molecular flexibility index (Phi) is 51.7. The van der Waals surface area contributed by atoms with Crippen molar-refractivity contribution in [1.82, 2.24) is 0 Å². The smallest absolute Gasteiger partial charge is 0 e. The van der Waals surface area contributed by atoms with Gasteiger partial charge >= 0.3 is 0 Å². The zero-order valence-electron chi connectivity index (χ0n) is 15.4. The average Bonchev–Trinajstić information content (AvgIpc) is 2.50. The van der Waals surface area contributed by atoms with E-state index in [2.05, 4.69) is 20.8 Å². The molecule has 0 aliphatic heterocycles. The molecule has 0 atom stereocenters. The van der Waals surface area contributed by atoms with Crippen LogP contribution in [0.4, 0.5) is 0 Å². The predicted octanol–water partition coefficient (Wildman–Crippen LogP) is 2.40. The van der Waals surface area contributed by atoms with Crippen LogP contribution in [0.5, 0.6) is 0 Å². The Morgan fingerprint density at radius 1 is 0.409 bits per heavy atom. The summed E-state index contributed by atoms with van der Waals surface area (Å²) in [4.78, 5) is 0. The molecule has 3 nitrogen and oxygen atoms in total. The van der Waals surface area contributed by atoms with Crippen LogP contribution in [0, 0.1) is 0 Å². The minimum absolute atomic E-state index is 0. The van der Waals surface area contributed by atoms with Crippen LogP contribution in [0.1, 0.15) is 97.8 Å². The summed E-state index contributed by atoms with van der Waals surface area (Å²) >= 11 is 0. The largest absolute Gasteiger partial charge is 0.854 e. The molecule has 0 rings (SSSR count). The van der Waals surface area contributed by atoms with Crippen LogP contribution in [0.15, 0.2) is 0 Å². The molecule has 22 heavy (non-hydrogen) atoms. The van der Waals surface area contributed by atoms with Crippen LogP contribution in [0.2, 0.25) is 0 Å². The highest BCUT2D eigenvalue weighted by molar-refractivity contribution is 5.75. The number of rotatable bonds is 12. The van der Waals surface area contributed by atoms with Gasteiger partial charge in [0.1, 0.15) is 0 Å². The molecule has 0 N–H and O–H groups in total. The number of unbranched alkanes of at least 4 members (excludes halogenated alkanes) is 9. The first-order chi connectivity index (χ1) is 10.2. The zero-order valence-corrected chi connectivity index (χ0v) is 16.6. The van der Waals surface area contributed by atoms with E-state index in [0.29, 0.717) is 0 Å². The SMILES string of the molecule is CCCCCC[O-].CCCCCC[O-].CCCCCC[O-].[Al]. The van der Waals surface area contributed by atoms with Crippen LogP contribution in [-0.4, -0.2) is 37.2 Å². The first kappa shape index (κ1) is 30.3. The van der Waals surface area contributed by atoms with Crippen molar-refractivity contribution >= 4 is 17.4 Å². The summed E-state index contributed by atoms with van der Waals surface area (Å²) in [6.45, 7) is 6.76. The Bertz CT molecular complexity index is 99.7. The predicted molar refractivity (Wildman–Crippen MR) is 92.8 cm³/mol. The van der Waals surface area contributed by atoms with Crippen LogP contribution < -0.4 is 15.3 Å². The van der Waals surface area contributed by atoms with Crippen molar-refractivity contribution in [2.75, 3.05) is 19.8 Å². The monoisotopic (exact) mass is 330 g/mol. The lowest BCUT2D eigenvalue weighted by atomic mass is 10.2. The van der Waals surface area contributed by atoms with Gasteiger partial charge in [-0.05, 0) is 0 Å². The van der Waals surface area contributed by atoms with E-state index >= 15 is 0 Å². The molecule has 0 bridgehead atoms. The Balaban J connectivity index is -0.000000108. The molecule has 0 unspecified atom stereocenters. The molecule has 3 radical (unpaired) electrons. The lowest BCUT2D eigenvalue weighted by molar-refractivity contribution is -0.368. The third-order valence-electron chi connectivity index (χ3n) is 2.99. The number of hydrogen-bond acceptors (Lipinski definition) is 3. The molecule has 0 aliphatic rings. The Labute approximate surface area is 150 Å². The van der Waals surface area contributed by atoms with E-state index in [1.165, 1.54) is 38.5 Å². The molecule has 0 aromatic heterocycles. The normalized spacial score (nSPS) is 9.00. The molecule has 0 amide bonds. The summed E-state index contributed by atoms with van der Waals surface area (Å²) in [6, 6.07) is 0. The van der Waals surface area contributed by atoms with Gasteiger partial charge in [-0.2, -0.15) is 0 Å². The van der Waals surface area contributed by atoms with Gasteiger partial charge in [0.25, 0.3) is 0 Å². The van der Waals surface area contributed by atoms with E-state index in [4.69, 9.17) is 0 Å². The van der Waals surface area contributed by atoms with Crippen LogP contribution in [0.3, 0.4) is 0 Å². The minimum Gasteiger partial charge on any atom is -0.854 e. The zero-order chi connectivity index (χ0) is 16.6. The molecule has 0 aliphatic carbocycles. The van der Waals surface area contributed by atoms with Crippen molar-refractivity contribution in [1.29, 1.82) is 0 Å². The lowest BCUT2D eigenvalue weighted by Gasteiger charge is -1.99. The van der Waals surface area contributed by atoms with Crippen molar-refractivity contribution in [2.24, 2.45) is 0 Å². The highest BCUT2D eigenvalue weighted by atomic mass is 27.0. The molecule has 0 aromatic rings. The lowest BCUT2D eigenvalue weighted by Crippen LogP contribution is -2.04. The van der Waals surface area contributed by atoms with Gasteiger partial charge in [0.05, 0.1) is 0 Å². The van der Waals surface area contributed by atoms with Crippen LogP contribution >= 0.6 is 0 Å². The van der Waals surface area contributed by atoms with Crippen LogP contribution in [0.25, 0.3) is 0 Å². The molecule has 0 spiro atoms. The average molecular weight is 330 g/mol. The van der Waals surface area contributed by atoms with E-state index in [9.17, 15) is 15.3 Å². The fraction of sp³-hybridized carbons (Fsp3) is 1.00. The molecule has 0 heterocycles. The molecular weight excluding hydrogens is 291 g/mol.